The van der Waals surface area contributed by atoms with E-state index in [1.807, 2.05) is 0 Å². The molecule has 0 aromatic heterocycles. The van der Waals surface area contributed by atoms with E-state index in [0.717, 1.165) is 52.5 Å². The van der Waals surface area contributed by atoms with Gasteiger partial charge in [-0.3, -0.25) is 4.90 Å². The first-order chi connectivity index (χ1) is 8.86. The lowest BCUT2D eigenvalue weighted by Crippen LogP contribution is -2.47. The Labute approximate surface area is 112 Å². The highest BCUT2D eigenvalue weighted by Crippen LogP contribution is 2.04. The molecular formula is C14H30N2O2. The van der Waals surface area contributed by atoms with E-state index in [0.29, 0.717) is 6.10 Å². The molecule has 1 heterocycles. The van der Waals surface area contributed by atoms with Crippen LogP contribution in [0.2, 0.25) is 0 Å². The summed E-state index contributed by atoms with van der Waals surface area (Å²) in [6, 6.07) is 0. The minimum Gasteiger partial charge on any atom is -0.380 e. The molecular weight excluding hydrogens is 228 g/mol. The fraction of sp³-hybridized carbons (Fsp3) is 1.00. The molecule has 18 heavy (non-hydrogen) atoms. The molecule has 1 fully saturated rings. The summed E-state index contributed by atoms with van der Waals surface area (Å²) in [7, 11) is 0. The monoisotopic (exact) mass is 258 g/mol. The average molecular weight is 258 g/mol. The first kappa shape index (κ1) is 15.9. The van der Waals surface area contributed by atoms with Gasteiger partial charge in [0.25, 0.3) is 0 Å². The molecule has 4 heteroatoms. The Bertz CT molecular complexity index is 191. The zero-order valence-corrected chi connectivity index (χ0v) is 12.1. The Morgan fingerprint density at radius 3 is 2.94 bits per heavy atom. The molecule has 1 N–H and O–H groups in total. The number of morpholine rings is 1. The van der Waals surface area contributed by atoms with Crippen molar-refractivity contribution in [2.24, 2.45) is 0 Å². The van der Waals surface area contributed by atoms with Crippen LogP contribution in [0.3, 0.4) is 0 Å². The van der Waals surface area contributed by atoms with Gasteiger partial charge in [0.05, 0.1) is 19.3 Å². The van der Waals surface area contributed by atoms with Gasteiger partial charge in [-0.2, -0.15) is 0 Å². The van der Waals surface area contributed by atoms with E-state index in [1.54, 1.807) is 0 Å². The van der Waals surface area contributed by atoms with Crippen molar-refractivity contribution in [3.8, 4) is 0 Å². The van der Waals surface area contributed by atoms with Crippen molar-refractivity contribution in [1.29, 1.82) is 0 Å². The maximum atomic E-state index is 5.75. The summed E-state index contributed by atoms with van der Waals surface area (Å²) in [6.45, 7) is 12.2. The third-order valence-electron chi connectivity index (χ3n) is 3.22. The Morgan fingerprint density at radius 2 is 2.17 bits per heavy atom. The van der Waals surface area contributed by atoms with Crippen LogP contribution in [-0.4, -0.2) is 63.5 Å². The second-order valence-electron chi connectivity index (χ2n) is 4.96. The molecule has 1 rings (SSSR count). The second-order valence-corrected chi connectivity index (χ2v) is 4.96. The highest BCUT2D eigenvalue weighted by Gasteiger charge is 2.19. The van der Waals surface area contributed by atoms with Crippen LogP contribution in [0.5, 0.6) is 0 Å². The van der Waals surface area contributed by atoms with E-state index in [2.05, 4.69) is 24.1 Å². The third kappa shape index (κ3) is 7.31. The molecule has 1 saturated heterocycles. The molecule has 1 aliphatic rings. The number of ether oxygens (including phenoxy) is 2. The van der Waals surface area contributed by atoms with Gasteiger partial charge >= 0.3 is 0 Å². The number of nitrogens with zero attached hydrogens (tertiary/aromatic N) is 1. The van der Waals surface area contributed by atoms with Crippen LogP contribution >= 0.6 is 0 Å². The van der Waals surface area contributed by atoms with Gasteiger partial charge in [-0.05, 0) is 19.4 Å². The molecule has 0 saturated carbocycles. The second kappa shape index (κ2) is 10.7. The summed E-state index contributed by atoms with van der Waals surface area (Å²) in [5, 5.41) is 3.43. The van der Waals surface area contributed by atoms with Crippen molar-refractivity contribution in [2.75, 3.05) is 52.5 Å². The lowest BCUT2D eigenvalue weighted by Gasteiger charge is -2.33. The summed E-state index contributed by atoms with van der Waals surface area (Å²) in [5.74, 6) is 0. The molecule has 0 bridgehead atoms. The van der Waals surface area contributed by atoms with Crippen LogP contribution in [0, 0.1) is 0 Å². The molecule has 0 aromatic carbocycles. The van der Waals surface area contributed by atoms with Gasteiger partial charge in [-0.1, -0.05) is 20.3 Å². The highest BCUT2D eigenvalue weighted by molar-refractivity contribution is 4.73. The fourth-order valence-electron chi connectivity index (χ4n) is 2.09. The van der Waals surface area contributed by atoms with Crippen LogP contribution in [0.25, 0.3) is 0 Å². The zero-order chi connectivity index (χ0) is 13.1. The highest BCUT2D eigenvalue weighted by atomic mass is 16.5. The normalized spacial score (nSPS) is 21.3. The predicted molar refractivity (Wildman–Crippen MR) is 75.1 cm³/mol. The minimum atomic E-state index is 0.348. The average Bonchev–Trinajstić information content (AvgIpc) is 2.39. The first-order valence-corrected chi connectivity index (χ1v) is 7.49. The summed E-state index contributed by atoms with van der Waals surface area (Å²) in [6.07, 6.45) is 3.91. The van der Waals surface area contributed by atoms with Crippen molar-refractivity contribution < 1.29 is 9.47 Å². The number of unbranched alkanes of at least 4 members (excludes halogenated alkanes) is 1. The topological polar surface area (TPSA) is 33.7 Å². The van der Waals surface area contributed by atoms with Gasteiger partial charge in [0.1, 0.15) is 0 Å². The Morgan fingerprint density at radius 1 is 1.28 bits per heavy atom. The predicted octanol–water partition coefficient (Wildman–Crippen LogP) is 1.50. The van der Waals surface area contributed by atoms with Crippen molar-refractivity contribution in [2.45, 2.75) is 39.2 Å². The molecule has 0 aliphatic carbocycles. The summed E-state index contributed by atoms with van der Waals surface area (Å²) in [5.41, 5.74) is 0. The van der Waals surface area contributed by atoms with Gasteiger partial charge in [0.2, 0.25) is 0 Å². The zero-order valence-electron chi connectivity index (χ0n) is 12.1. The number of rotatable bonds is 10. The summed E-state index contributed by atoms with van der Waals surface area (Å²) in [4.78, 5) is 2.45. The van der Waals surface area contributed by atoms with E-state index in [-0.39, 0.29) is 0 Å². The largest absolute Gasteiger partial charge is 0.380 e. The number of nitrogens with one attached hydrogen (secondary N) is 1. The van der Waals surface area contributed by atoms with Crippen molar-refractivity contribution >= 4 is 0 Å². The Kier molecular flexibility index (Phi) is 9.48. The number of hydrogen-bond acceptors (Lipinski definition) is 4. The molecule has 1 atom stereocenters. The fourth-order valence-corrected chi connectivity index (χ4v) is 2.09. The summed E-state index contributed by atoms with van der Waals surface area (Å²) < 4.78 is 11.4. The maximum Gasteiger partial charge on any atom is 0.0826 e. The van der Waals surface area contributed by atoms with E-state index in [9.17, 15) is 0 Å². The standard InChI is InChI=1S/C14H30N2O2/c1-3-5-9-17-10-7-16-8-11-18-14(13-16)12-15-6-4-2/h14-15H,3-13H2,1-2H3. The molecule has 1 unspecified atom stereocenters. The van der Waals surface area contributed by atoms with Gasteiger partial charge in [-0.15, -0.1) is 0 Å². The van der Waals surface area contributed by atoms with Crippen LogP contribution in [0.15, 0.2) is 0 Å². The smallest absolute Gasteiger partial charge is 0.0826 e. The van der Waals surface area contributed by atoms with Crippen LogP contribution in [0.4, 0.5) is 0 Å². The van der Waals surface area contributed by atoms with E-state index >= 15 is 0 Å². The molecule has 1 aliphatic heterocycles. The Hall–Kier alpha value is -0.160. The molecule has 0 spiro atoms. The lowest BCUT2D eigenvalue weighted by atomic mass is 10.2. The van der Waals surface area contributed by atoms with E-state index in [4.69, 9.17) is 9.47 Å². The molecule has 0 amide bonds. The van der Waals surface area contributed by atoms with Gasteiger partial charge in [0.15, 0.2) is 0 Å². The van der Waals surface area contributed by atoms with Crippen LogP contribution in [0.1, 0.15) is 33.1 Å². The van der Waals surface area contributed by atoms with Gasteiger partial charge in [0, 0.05) is 32.8 Å². The van der Waals surface area contributed by atoms with Gasteiger partial charge < -0.3 is 14.8 Å². The third-order valence-corrected chi connectivity index (χ3v) is 3.22. The Balaban J connectivity index is 2.03. The SMILES string of the molecule is CCCCOCCN1CCOC(CNCCC)C1. The van der Waals surface area contributed by atoms with Crippen molar-refractivity contribution in [3.05, 3.63) is 0 Å². The van der Waals surface area contributed by atoms with E-state index in [1.165, 1.54) is 19.3 Å². The molecule has 4 nitrogen and oxygen atoms in total. The van der Waals surface area contributed by atoms with Crippen molar-refractivity contribution in [3.63, 3.8) is 0 Å². The molecule has 0 aromatic rings. The van der Waals surface area contributed by atoms with E-state index < -0.39 is 0 Å². The quantitative estimate of drug-likeness (QED) is 0.602. The van der Waals surface area contributed by atoms with Crippen LogP contribution < -0.4 is 5.32 Å². The first-order valence-electron chi connectivity index (χ1n) is 7.49. The minimum absolute atomic E-state index is 0.348. The summed E-state index contributed by atoms with van der Waals surface area (Å²) >= 11 is 0. The maximum absolute atomic E-state index is 5.75. The van der Waals surface area contributed by atoms with Crippen LogP contribution in [-0.2, 0) is 9.47 Å². The van der Waals surface area contributed by atoms with Gasteiger partial charge in [-0.25, -0.2) is 0 Å². The lowest BCUT2D eigenvalue weighted by molar-refractivity contribution is -0.0348. The van der Waals surface area contributed by atoms with Crippen molar-refractivity contribution in [1.82, 2.24) is 10.2 Å². The number of hydrogen-bond donors (Lipinski definition) is 1. The molecule has 108 valence electrons. The molecule has 0 radical (unpaired) electrons.